The van der Waals surface area contributed by atoms with E-state index < -0.39 is 11.6 Å². The molecule has 224 valence electrons. The molecule has 0 atom stereocenters. The van der Waals surface area contributed by atoms with Crippen molar-refractivity contribution < 1.29 is 23.4 Å². The fourth-order valence-corrected chi connectivity index (χ4v) is 6.47. The second-order valence-electron chi connectivity index (χ2n) is 11.9. The van der Waals surface area contributed by atoms with E-state index in [1.807, 2.05) is 60.7 Å². The lowest BCUT2D eigenvalue weighted by Gasteiger charge is -2.46. The SMILES string of the molecule is OCC1CCC2(CC1)CCN(c1cc(F)c(-c3ccc(OCc4ccccc4)nc3OCc3ccccc3)c(F)c1)CC2. The van der Waals surface area contributed by atoms with Gasteiger partial charge in [-0.15, -0.1) is 0 Å². The van der Waals surface area contributed by atoms with Crippen LogP contribution in [0.4, 0.5) is 14.5 Å². The summed E-state index contributed by atoms with van der Waals surface area (Å²) in [6, 6.07) is 25.4. The highest BCUT2D eigenvalue weighted by Gasteiger charge is 2.38. The number of aliphatic hydroxyl groups excluding tert-OH is 1. The van der Waals surface area contributed by atoms with Gasteiger partial charge in [0.15, 0.2) is 0 Å². The van der Waals surface area contributed by atoms with Gasteiger partial charge in [-0.3, -0.25) is 0 Å². The van der Waals surface area contributed by atoms with Crippen molar-refractivity contribution >= 4 is 5.69 Å². The van der Waals surface area contributed by atoms with Gasteiger partial charge in [-0.25, -0.2) is 8.78 Å². The maximum absolute atomic E-state index is 15.8. The summed E-state index contributed by atoms with van der Waals surface area (Å²) in [5.74, 6) is -0.465. The summed E-state index contributed by atoms with van der Waals surface area (Å²) in [7, 11) is 0. The molecule has 1 saturated carbocycles. The number of piperidine rings is 1. The van der Waals surface area contributed by atoms with Crippen LogP contribution >= 0.6 is 0 Å². The topological polar surface area (TPSA) is 54.8 Å². The van der Waals surface area contributed by atoms with Crippen LogP contribution in [-0.2, 0) is 13.2 Å². The first-order valence-corrected chi connectivity index (χ1v) is 15.2. The summed E-state index contributed by atoms with van der Waals surface area (Å²) in [6.07, 6.45) is 6.37. The molecule has 1 spiro atoms. The van der Waals surface area contributed by atoms with Gasteiger partial charge in [-0.1, -0.05) is 60.7 Å². The number of aromatic nitrogens is 1. The molecule has 6 rings (SSSR count). The van der Waals surface area contributed by atoms with Gasteiger partial charge in [-0.05, 0) is 79.2 Å². The summed E-state index contributed by atoms with van der Waals surface area (Å²) in [5, 5.41) is 9.51. The van der Waals surface area contributed by atoms with E-state index in [0.29, 0.717) is 29.5 Å². The summed E-state index contributed by atoms with van der Waals surface area (Å²) in [5.41, 5.74) is 2.82. The number of benzene rings is 3. The Balaban J connectivity index is 1.22. The molecule has 5 nitrogen and oxygen atoms in total. The molecule has 2 heterocycles. The zero-order valence-corrected chi connectivity index (χ0v) is 24.4. The molecule has 0 unspecified atom stereocenters. The van der Waals surface area contributed by atoms with E-state index in [1.54, 1.807) is 12.1 Å². The third-order valence-corrected chi connectivity index (χ3v) is 9.19. The minimum Gasteiger partial charge on any atom is -0.473 e. The van der Waals surface area contributed by atoms with E-state index in [9.17, 15) is 5.11 Å². The molecule has 7 heteroatoms. The van der Waals surface area contributed by atoms with Crippen LogP contribution in [0, 0.1) is 23.0 Å². The highest BCUT2D eigenvalue weighted by molar-refractivity contribution is 5.72. The summed E-state index contributed by atoms with van der Waals surface area (Å²) < 4.78 is 43.5. The van der Waals surface area contributed by atoms with Gasteiger partial charge in [-0.2, -0.15) is 4.98 Å². The largest absolute Gasteiger partial charge is 0.473 e. The number of hydrogen-bond donors (Lipinski definition) is 1. The smallest absolute Gasteiger partial charge is 0.225 e. The Morgan fingerprint density at radius 1 is 0.767 bits per heavy atom. The fraction of sp³-hybridized carbons (Fsp3) is 0.361. The Bertz CT molecular complexity index is 1470. The molecule has 2 fully saturated rings. The summed E-state index contributed by atoms with van der Waals surface area (Å²) in [6.45, 7) is 2.30. The predicted molar refractivity (Wildman–Crippen MR) is 164 cm³/mol. The molecule has 0 bridgehead atoms. The van der Waals surface area contributed by atoms with Crippen LogP contribution in [-0.4, -0.2) is 29.8 Å². The normalized spacial score (nSPS) is 16.8. The lowest BCUT2D eigenvalue weighted by Crippen LogP contribution is -2.42. The monoisotopic (exact) mass is 584 g/mol. The second kappa shape index (κ2) is 13.1. The third-order valence-electron chi connectivity index (χ3n) is 9.19. The van der Waals surface area contributed by atoms with Crippen molar-refractivity contribution in [1.29, 1.82) is 0 Å². The number of ether oxygens (including phenoxy) is 2. The van der Waals surface area contributed by atoms with E-state index >= 15 is 8.78 Å². The first kappa shape index (κ1) is 29.1. The Morgan fingerprint density at radius 2 is 1.35 bits per heavy atom. The lowest BCUT2D eigenvalue weighted by molar-refractivity contribution is 0.0856. The van der Waals surface area contributed by atoms with Crippen LogP contribution < -0.4 is 14.4 Å². The standard InChI is InChI=1S/C36H38F2N2O3/c37-31-21-29(40-19-17-36(18-20-40)15-13-26(23-41)14-16-36)22-32(38)34(31)30-11-12-33(42-24-27-7-3-1-4-8-27)39-35(30)43-25-28-9-5-2-6-10-28/h1-12,21-22,26,41H,13-20,23-25H2. The van der Waals surface area contributed by atoms with Crippen molar-refractivity contribution in [1.82, 2.24) is 4.98 Å². The Morgan fingerprint density at radius 3 is 1.93 bits per heavy atom. The molecular formula is C36H38F2N2O3. The van der Waals surface area contributed by atoms with Crippen molar-refractivity contribution in [3.63, 3.8) is 0 Å². The average molecular weight is 585 g/mol. The minimum absolute atomic E-state index is 0.110. The van der Waals surface area contributed by atoms with Gasteiger partial charge in [0.25, 0.3) is 0 Å². The van der Waals surface area contributed by atoms with Crippen molar-refractivity contribution in [3.05, 3.63) is 108 Å². The molecule has 4 aromatic rings. The molecule has 1 saturated heterocycles. The molecule has 1 N–H and O–H groups in total. The third kappa shape index (κ3) is 6.83. The van der Waals surface area contributed by atoms with E-state index in [-0.39, 0.29) is 30.2 Å². The van der Waals surface area contributed by atoms with Crippen molar-refractivity contribution in [3.8, 4) is 22.9 Å². The predicted octanol–water partition coefficient (Wildman–Crippen LogP) is 7.95. The maximum atomic E-state index is 15.8. The quantitative estimate of drug-likeness (QED) is 0.216. The molecule has 43 heavy (non-hydrogen) atoms. The van der Waals surface area contributed by atoms with Gasteiger partial charge in [0.05, 0.1) is 11.1 Å². The first-order chi connectivity index (χ1) is 21.0. The zero-order chi connectivity index (χ0) is 29.6. The number of rotatable bonds is 9. The second-order valence-corrected chi connectivity index (χ2v) is 11.9. The van der Waals surface area contributed by atoms with Gasteiger partial charge >= 0.3 is 0 Å². The van der Waals surface area contributed by atoms with Crippen LogP contribution in [0.15, 0.2) is 84.9 Å². The fourth-order valence-electron chi connectivity index (χ4n) is 6.47. The average Bonchev–Trinajstić information content (AvgIpc) is 3.05. The molecule has 0 radical (unpaired) electrons. The van der Waals surface area contributed by atoms with Crippen molar-refractivity contribution in [2.24, 2.45) is 11.3 Å². The summed E-state index contributed by atoms with van der Waals surface area (Å²) in [4.78, 5) is 6.62. The van der Waals surface area contributed by atoms with Crippen LogP contribution in [0.2, 0.25) is 0 Å². The number of halogens is 2. The number of nitrogens with zero attached hydrogens (tertiary/aromatic N) is 2. The van der Waals surface area contributed by atoms with Crippen LogP contribution in [0.3, 0.4) is 0 Å². The van der Waals surface area contributed by atoms with E-state index in [2.05, 4.69) is 9.88 Å². The molecule has 1 aromatic heterocycles. The highest BCUT2D eigenvalue weighted by Crippen LogP contribution is 2.47. The Hall–Kier alpha value is -3.97. The first-order valence-electron chi connectivity index (χ1n) is 15.2. The molecule has 2 aliphatic rings. The Labute approximate surface area is 252 Å². The van der Waals surface area contributed by atoms with Crippen LogP contribution in [0.25, 0.3) is 11.1 Å². The summed E-state index contributed by atoms with van der Waals surface area (Å²) >= 11 is 0. The molecule has 1 aliphatic carbocycles. The highest BCUT2D eigenvalue weighted by atomic mass is 19.1. The van der Waals surface area contributed by atoms with E-state index in [1.165, 1.54) is 12.1 Å². The molecule has 1 aliphatic heterocycles. The minimum atomic E-state index is -0.650. The molecular weight excluding hydrogens is 546 g/mol. The number of aliphatic hydroxyl groups is 1. The van der Waals surface area contributed by atoms with E-state index in [0.717, 1.165) is 62.7 Å². The van der Waals surface area contributed by atoms with Crippen LogP contribution in [0.1, 0.15) is 49.7 Å². The van der Waals surface area contributed by atoms with Gasteiger partial charge in [0.1, 0.15) is 24.8 Å². The number of hydrogen-bond acceptors (Lipinski definition) is 5. The lowest BCUT2D eigenvalue weighted by atomic mass is 9.65. The van der Waals surface area contributed by atoms with Crippen molar-refractivity contribution in [2.45, 2.75) is 51.7 Å². The Kier molecular flexibility index (Phi) is 8.89. The van der Waals surface area contributed by atoms with Crippen LogP contribution in [0.5, 0.6) is 11.8 Å². The van der Waals surface area contributed by atoms with Gasteiger partial charge in [0.2, 0.25) is 11.8 Å². The molecule has 0 amide bonds. The zero-order valence-electron chi connectivity index (χ0n) is 24.4. The number of pyridine rings is 1. The molecule has 3 aromatic carbocycles. The van der Waals surface area contributed by atoms with E-state index in [4.69, 9.17) is 9.47 Å². The number of anilines is 1. The maximum Gasteiger partial charge on any atom is 0.225 e. The van der Waals surface area contributed by atoms with Gasteiger partial charge < -0.3 is 19.5 Å². The van der Waals surface area contributed by atoms with Gasteiger partial charge in [0, 0.05) is 31.5 Å². The van der Waals surface area contributed by atoms with Crippen molar-refractivity contribution in [2.75, 3.05) is 24.6 Å².